The van der Waals surface area contributed by atoms with Gasteiger partial charge in [-0.3, -0.25) is 9.59 Å². The lowest BCUT2D eigenvalue weighted by atomic mass is 10.0. The van der Waals surface area contributed by atoms with Gasteiger partial charge >= 0.3 is 12.2 Å². The van der Waals surface area contributed by atoms with Crippen LogP contribution in [0.4, 0.5) is 9.59 Å². The Morgan fingerprint density at radius 3 is 1.67 bits per heavy atom. The molecule has 5 aromatic rings. The number of rotatable bonds is 13. The van der Waals surface area contributed by atoms with Crippen LogP contribution in [0, 0.1) is 0 Å². The molecule has 0 saturated heterocycles. The van der Waals surface area contributed by atoms with E-state index in [9.17, 15) is 24.3 Å². The molecule has 0 spiro atoms. The lowest BCUT2D eigenvalue weighted by Crippen LogP contribution is -2.34. The second-order valence-electron chi connectivity index (χ2n) is 12.2. The summed E-state index contributed by atoms with van der Waals surface area (Å²) in [6.45, 7) is 0.0964. The number of aromatic nitrogens is 4. The van der Waals surface area contributed by atoms with Crippen LogP contribution >= 0.6 is 0 Å². The molecule has 2 atom stereocenters. The molecule has 49 heavy (non-hydrogen) atoms. The highest BCUT2D eigenvalue weighted by Crippen LogP contribution is 2.24. The molecule has 14 nitrogen and oxygen atoms in total. The number of H-pyrrole nitrogens is 2. The molecule has 0 radical (unpaired) electrons. The Balaban J connectivity index is 1.28. The summed E-state index contributed by atoms with van der Waals surface area (Å²) in [5.74, 6) is 0.417. The van der Waals surface area contributed by atoms with Crippen LogP contribution in [0.3, 0.4) is 0 Å². The highest BCUT2D eigenvalue weighted by Gasteiger charge is 2.24. The molecule has 0 saturated carbocycles. The van der Waals surface area contributed by atoms with Crippen LogP contribution in [0.2, 0.25) is 0 Å². The van der Waals surface area contributed by atoms with E-state index in [1.54, 1.807) is 28.2 Å². The molecule has 0 aliphatic carbocycles. The van der Waals surface area contributed by atoms with Gasteiger partial charge in [0.05, 0.1) is 47.0 Å². The zero-order valence-corrected chi connectivity index (χ0v) is 27.8. The van der Waals surface area contributed by atoms with E-state index in [0.717, 1.165) is 27.7 Å². The third-order valence-electron chi connectivity index (χ3n) is 8.05. The van der Waals surface area contributed by atoms with Gasteiger partial charge in [-0.2, -0.15) is 0 Å². The number of carbonyl (C=O) groups is 4. The van der Waals surface area contributed by atoms with E-state index in [2.05, 4.69) is 30.6 Å². The van der Waals surface area contributed by atoms with Crippen molar-refractivity contribution in [1.29, 1.82) is 0 Å². The maximum atomic E-state index is 12.7. The SMILES string of the molecule is CN(C)C(=O)C[C@H](NC(=O)O)c1nc2ccc(CCc3ccc4nc([C@H](CC(=O)N(C)C)NC(=O)OCc5ccccc5)[nH]c4c3)cc2[nH]1. The highest BCUT2D eigenvalue weighted by atomic mass is 16.5. The number of aromatic amines is 2. The van der Waals surface area contributed by atoms with Gasteiger partial charge in [-0.1, -0.05) is 42.5 Å². The molecule has 3 aromatic carbocycles. The van der Waals surface area contributed by atoms with Crippen LogP contribution in [0.15, 0.2) is 66.7 Å². The number of carbonyl (C=O) groups excluding carboxylic acids is 3. The number of nitrogens with zero attached hydrogens (tertiary/aromatic N) is 4. The molecule has 0 bridgehead atoms. The molecular formula is C35H40N8O6. The summed E-state index contributed by atoms with van der Waals surface area (Å²) >= 11 is 0. The van der Waals surface area contributed by atoms with Gasteiger partial charge in [-0.05, 0) is 53.8 Å². The smallest absolute Gasteiger partial charge is 0.408 e. The predicted octanol–water partition coefficient (Wildman–Crippen LogP) is 4.46. The number of aryl methyl sites for hydroxylation is 2. The highest BCUT2D eigenvalue weighted by molar-refractivity contribution is 5.80. The van der Waals surface area contributed by atoms with Gasteiger partial charge in [-0.25, -0.2) is 19.6 Å². The summed E-state index contributed by atoms with van der Waals surface area (Å²) in [6, 6.07) is 19.5. The number of nitrogens with one attached hydrogen (secondary N) is 4. The zero-order chi connectivity index (χ0) is 35.1. The summed E-state index contributed by atoms with van der Waals surface area (Å²) in [6.07, 6.45) is -0.541. The largest absolute Gasteiger partial charge is 0.465 e. The number of ether oxygens (including phenoxy) is 1. The minimum Gasteiger partial charge on any atom is -0.465 e. The Kier molecular flexibility index (Phi) is 10.8. The second-order valence-corrected chi connectivity index (χ2v) is 12.2. The monoisotopic (exact) mass is 668 g/mol. The minimum absolute atomic E-state index is 0.00299. The molecule has 0 fully saturated rings. The topological polar surface area (TPSA) is 186 Å². The van der Waals surface area contributed by atoms with Gasteiger partial charge in [0.15, 0.2) is 0 Å². The van der Waals surface area contributed by atoms with Crippen molar-refractivity contribution in [3.63, 3.8) is 0 Å². The van der Waals surface area contributed by atoms with Crippen molar-refractivity contribution in [3.05, 3.63) is 95.1 Å². The number of alkyl carbamates (subject to hydrolysis) is 1. The first-order chi connectivity index (χ1) is 23.4. The molecule has 4 amide bonds. The number of imidazole rings is 2. The van der Waals surface area contributed by atoms with Gasteiger partial charge in [-0.15, -0.1) is 0 Å². The van der Waals surface area contributed by atoms with Crippen LogP contribution in [0.1, 0.15) is 53.3 Å². The third-order valence-corrected chi connectivity index (χ3v) is 8.05. The number of hydrogen-bond acceptors (Lipinski definition) is 7. The molecule has 0 aliphatic rings. The standard InChI is InChI=1S/C35H40N8O6/c1-42(2)30(44)18-28(40-34(46)47)32-36-24-14-12-21(16-26(24)38-32)10-11-22-13-15-25-27(17-22)39-33(37-25)29(19-31(45)43(3)4)41-35(48)49-20-23-8-6-5-7-9-23/h5-9,12-17,28-29,40H,10-11,18-20H2,1-4H3,(H,36,38)(H,37,39)(H,41,48)(H,46,47)/t28-,29-/m0/s1. The van der Waals surface area contributed by atoms with E-state index >= 15 is 0 Å². The number of benzene rings is 3. The first kappa shape index (κ1) is 34.4. The summed E-state index contributed by atoms with van der Waals surface area (Å²) < 4.78 is 5.40. The predicted molar refractivity (Wildman–Crippen MR) is 183 cm³/mol. The fourth-order valence-electron chi connectivity index (χ4n) is 5.29. The Hall–Kier alpha value is -5.92. The van der Waals surface area contributed by atoms with Gasteiger partial charge in [0.2, 0.25) is 11.8 Å². The van der Waals surface area contributed by atoms with Crippen LogP contribution in [-0.2, 0) is 33.8 Å². The van der Waals surface area contributed by atoms with Crippen molar-refractivity contribution in [2.75, 3.05) is 28.2 Å². The molecule has 5 rings (SSSR count). The molecule has 5 N–H and O–H groups in total. The number of fused-ring (bicyclic) bond motifs is 2. The normalized spacial score (nSPS) is 12.3. The average molecular weight is 669 g/mol. The van der Waals surface area contributed by atoms with Crippen LogP contribution < -0.4 is 10.6 Å². The Bertz CT molecular complexity index is 1950. The third kappa shape index (κ3) is 9.12. The number of carboxylic acid groups (broad SMARTS) is 1. The fraction of sp³-hybridized carbons (Fsp3) is 0.314. The van der Waals surface area contributed by atoms with E-state index in [0.29, 0.717) is 35.5 Å². The van der Waals surface area contributed by atoms with Crippen LogP contribution in [-0.4, -0.2) is 87.0 Å². The van der Waals surface area contributed by atoms with E-state index in [-0.39, 0.29) is 31.3 Å². The zero-order valence-electron chi connectivity index (χ0n) is 27.8. The Labute approximate surface area is 282 Å². The molecule has 2 aromatic heterocycles. The molecule has 0 aliphatic heterocycles. The number of hydrogen-bond donors (Lipinski definition) is 5. The van der Waals surface area contributed by atoms with Gasteiger partial charge in [0, 0.05) is 28.2 Å². The molecule has 14 heteroatoms. The molecule has 256 valence electrons. The van der Waals surface area contributed by atoms with Crippen molar-refractivity contribution in [1.82, 2.24) is 40.4 Å². The van der Waals surface area contributed by atoms with Gasteiger partial charge in [0.1, 0.15) is 18.3 Å². The summed E-state index contributed by atoms with van der Waals surface area (Å²) in [4.78, 5) is 67.6. The lowest BCUT2D eigenvalue weighted by Gasteiger charge is -2.18. The van der Waals surface area contributed by atoms with Crippen LogP contribution in [0.25, 0.3) is 22.1 Å². The van der Waals surface area contributed by atoms with Crippen molar-refractivity contribution in [2.24, 2.45) is 0 Å². The molecule has 0 unspecified atom stereocenters. The lowest BCUT2D eigenvalue weighted by molar-refractivity contribution is -0.130. The molecule has 2 heterocycles. The Morgan fingerprint density at radius 1 is 0.714 bits per heavy atom. The summed E-state index contributed by atoms with van der Waals surface area (Å²) in [7, 11) is 6.54. The summed E-state index contributed by atoms with van der Waals surface area (Å²) in [5.41, 5.74) is 5.82. The first-order valence-corrected chi connectivity index (χ1v) is 15.8. The van der Waals surface area contributed by atoms with Gasteiger partial charge < -0.3 is 40.2 Å². The fourth-order valence-corrected chi connectivity index (χ4v) is 5.29. The van der Waals surface area contributed by atoms with Crippen molar-refractivity contribution in [2.45, 2.75) is 44.4 Å². The van der Waals surface area contributed by atoms with Crippen molar-refractivity contribution >= 4 is 46.1 Å². The minimum atomic E-state index is -1.24. The second kappa shape index (κ2) is 15.3. The van der Waals surface area contributed by atoms with Crippen molar-refractivity contribution in [3.8, 4) is 0 Å². The number of amides is 4. The van der Waals surface area contributed by atoms with Gasteiger partial charge in [0.25, 0.3) is 0 Å². The van der Waals surface area contributed by atoms with E-state index < -0.39 is 24.3 Å². The van der Waals surface area contributed by atoms with E-state index in [1.807, 2.05) is 66.7 Å². The van der Waals surface area contributed by atoms with E-state index in [1.165, 1.54) is 9.80 Å². The quantitative estimate of drug-likeness (QED) is 0.122. The summed E-state index contributed by atoms with van der Waals surface area (Å²) in [5, 5.41) is 14.5. The molecular weight excluding hydrogens is 628 g/mol. The Morgan fingerprint density at radius 2 is 1.20 bits per heavy atom. The van der Waals surface area contributed by atoms with E-state index in [4.69, 9.17) is 4.74 Å². The van der Waals surface area contributed by atoms with Crippen molar-refractivity contribution < 1.29 is 29.0 Å². The average Bonchev–Trinajstić information content (AvgIpc) is 3.70. The first-order valence-electron chi connectivity index (χ1n) is 15.8. The maximum absolute atomic E-state index is 12.7. The van der Waals surface area contributed by atoms with Crippen LogP contribution in [0.5, 0.6) is 0 Å². The maximum Gasteiger partial charge on any atom is 0.408 e.